The predicted molar refractivity (Wildman–Crippen MR) is 77.8 cm³/mol. The zero-order valence-electron chi connectivity index (χ0n) is 10.3. The Morgan fingerprint density at radius 2 is 2.00 bits per heavy atom. The summed E-state index contributed by atoms with van der Waals surface area (Å²) in [6.07, 6.45) is 3.56. The number of benzene rings is 1. The average Bonchev–Trinajstić information content (AvgIpc) is 2.84. The summed E-state index contributed by atoms with van der Waals surface area (Å²) < 4.78 is 2.74. The molecule has 3 rings (SSSR count). The van der Waals surface area contributed by atoms with Gasteiger partial charge in [-0.25, -0.2) is 4.98 Å². The fourth-order valence-electron chi connectivity index (χ4n) is 1.94. The summed E-state index contributed by atoms with van der Waals surface area (Å²) in [5, 5.41) is 13.3. The molecule has 0 amide bonds. The minimum atomic E-state index is 0.641. The van der Waals surface area contributed by atoms with E-state index in [-0.39, 0.29) is 0 Å². The van der Waals surface area contributed by atoms with Crippen molar-refractivity contribution in [2.24, 2.45) is 7.05 Å². The molecule has 0 saturated carbocycles. The van der Waals surface area contributed by atoms with Crippen molar-refractivity contribution in [3.05, 3.63) is 46.8 Å². The Labute approximate surface area is 118 Å². The van der Waals surface area contributed by atoms with Crippen molar-refractivity contribution < 1.29 is 0 Å². The molecule has 0 aliphatic heterocycles. The number of nitrogens with one attached hydrogen (secondary N) is 1. The lowest BCUT2D eigenvalue weighted by Crippen LogP contribution is -2.06. The summed E-state index contributed by atoms with van der Waals surface area (Å²) in [5.74, 6) is 0.861. The summed E-state index contributed by atoms with van der Waals surface area (Å²) in [4.78, 5) is 4.43. The van der Waals surface area contributed by atoms with E-state index in [1.165, 1.54) is 0 Å². The van der Waals surface area contributed by atoms with Gasteiger partial charge < -0.3 is 5.32 Å². The van der Waals surface area contributed by atoms with Gasteiger partial charge in [0.25, 0.3) is 0 Å². The molecule has 1 N–H and O–H groups in total. The van der Waals surface area contributed by atoms with Crippen LogP contribution in [-0.2, 0) is 13.6 Å². The molecule has 6 heteroatoms. The molecule has 0 radical (unpaired) electrons. The van der Waals surface area contributed by atoms with E-state index in [0.717, 1.165) is 26.8 Å². The summed E-state index contributed by atoms with van der Waals surface area (Å²) in [5.41, 5.74) is 1.01. The maximum Gasteiger partial charge on any atom is 0.134 e. The number of aromatic nitrogens is 4. The average molecular weight is 318 g/mol. The minimum absolute atomic E-state index is 0.641. The van der Waals surface area contributed by atoms with Crippen molar-refractivity contribution in [3.63, 3.8) is 0 Å². The topological polar surface area (TPSA) is 55.6 Å². The molecule has 0 unspecified atom stereocenters. The molecule has 5 nitrogen and oxygen atoms in total. The van der Waals surface area contributed by atoms with Gasteiger partial charge in [-0.2, -0.15) is 0 Å². The van der Waals surface area contributed by atoms with Crippen LogP contribution in [-0.4, -0.2) is 20.0 Å². The highest BCUT2D eigenvalue weighted by atomic mass is 79.9. The number of pyridine rings is 1. The van der Waals surface area contributed by atoms with Gasteiger partial charge in [0.05, 0.1) is 18.4 Å². The van der Waals surface area contributed by atoms with Gasteiger partial charge in [-0.05, 0) is 15.9 Å². The molecule has 2 aromatic heterocycles. The van der Waals surface area contributed by atoms with Gasteiger partial charge in [-0.3, -0.25) is 4.68 Å². The fourth-order valence-corrected chi connectivity index (χ4v) is 2.39. The van der Waals surface area contributed by atoms with Crippen molar-refractivity contribution in [1.29, 1.82) is 0 Å². The number of halogens is 1. The highest BCUT2D eigenvalue weighted by Crippen LogP contribution is 2.27. The number of hydrogen-bond acceptors (Lipinski definition) is 4. The number of aryl methyl sites for hydroxylation is 1. The van der Waals surface area contributed by atoms with Gasteiger partial charge in [0.2, 0.25) is 0 Å². The smallest absolute Gasteiger partial charge is 0.134 e. The lowest BCUT2D eigenvalue weighted by Gasteiger charge is -2.09. The molecular formula is C13H12BrN5. The first-order valence-corrected chi connectivity index (χ1v) is 6.65. The van der Waals surface area contributed by atoms with Crippen LogP contribution in [0, 0.1) is 0 Å². The second-order valence-corrected chi connectivity index (χ2v) is 5.06. The van der Waals surface area contributed by atoms with Crippen LogP contribution in [0.4, 0.5) is 5.82 Å². The first kappa shape index (κ1) is 12.1. The molecule has 0 bridgehead atoms. The first-order chi connectivity index (χ1) is 9.25. The SMILES string of the molecule is Cn1nncc1CNc1ncc(Br)c2ccccc12. The second kappa shape index (κ2) is 4.97. The van der Waals surface area contributed by atoms with Crippen molar-refractivity contribution in [3.8, 4) is 0 Å². The molecule has 0 spiro atoms. The Bertz CT molecular complexity index is 722. The van der Waals surface area contributed by atoms with E-state index >= 15 is 0 Å². The van der Waals surface area contributed by atoms with Crippen molar-refractivity contribution in [1.82, 2.24) is 20.0 Å². The second-order valence-electron chi connectivity index (χ2n) is 4.20. The van der Waals surface area contributed by atoms with Crippen molar-refractivity contribution >= 4 is 32.5 Å². The number of rotatable bonds is 3. The zero-order chi connectivity index (χ0) is 13.2. The fraction of sp³-hybridized carbons (Fsp3) is 0.154. The number of nitrogens with zero attached hydrogens (tertiary/aromatic N) is 4. The molecule has 1 aromatic carbocycles. The normalized spacial score (nSPS) is 10.8. The van der Waals surface area contributed by atoms with Crippen LogP contribution in [0.25, 0.3) is 10.8 Å². The van der Waals surface area contributed by atoms with E-state index in [1.807, 2.05) is 25.4 Å². The zero-order valence-corrected chi connectivity index (χ0v) is 11.9. The lowest BCUT2D eigenvalue weighted by molar-refractivity contribution is 0.683. The maximum absolute atomic E-state index is 4.43. The molecule has 96 valence electrons. The van der Waals surface area contributed by atoms with E-state index in [9.17, 15) is 0 Å². The summed E-state index contributed by atoms with van der Waals surface area (Å²) in [6, 6.07) is 8.14. The van der Waals surface area contributed by atoms with E-state index in [4.69, 9.17) is 0 Å². The molecular weight excluding hydrogens is 306 g/mol. The number of fused-ring (bicyclic) bond motifs is 1. The Morgan fingerprint density at radius 1 is 1.21 bits per heavy atom. The molecule has 0 saturated heterocycles. The van der Waals surface area contributed by atoms with Crippen molar-refractivity contribution in [2.75, 3.05) is 5.32 Å². The maximum atomic E-state index is 4.43. The molecule has 19 heavy (non-hydrogen) atoms. The predicted octanol–water partition coefficient (Wildman–Crippen LogP) is 2.74. The van der Waals surface area contributed by atoms with Crippen molar-refractivity contribution in [2.45, 2.75) is 6.54 Å². The molecule has 0 aliphatic carbocycles. The highest BCUT2D eigenvalue weighted by molar-refractivity contribution is 9.10. The van der Waals surface area contributed by atoms with E-state index in [1.54, 1.807) is 10.9 Å². The third kappa shape index (κ3) is 2.31. The number of hydrogen-bond donors (Lipinski definition) is 1. The molecule has 3 aromatic rings. The Morgan fingerprint density at radius 3 is 2.74 bits per heavy atom. The summed E-state index contributed by atoms with van der Waals surface area (Å²) in [7, 11) is 1.87. The minimum Gasteiger partial charge on any atom is -0.364 e. The summed E-state index contributed by atoms with van der Waals surface area (Å²) >= 11 is 3.52. The molecule has 2 heterocycles. The van der Waals surface area contributed by atoms with Gasteiger partial charge >= 0.3 is 0 Å². The van der Waals surface area contributed by atoms with Crippen LogP contribution in [0.3, 0.4) is 0 Å². The third-order valence-corrected chi connectivity index (χ3v) is 3.62. The van der Waals surface area contributed by atoms with Gasteiger partial charge in [0.1, 0.15) is 5.82 Å². The molecule has 0 aliphatic rings. The molecule has 0 atom stereocenters. The first-order valence-electron chi connectivity index (χ1n) is 5.86. The Kier molecular flexibility index (Phi) is 3.16. The van der Waals surface area contributed by atoms with Crippen LogP contribution in [0.1, 0.15) is 5.69 Å². The van der Waals surface area contributed by atoms with Crippen LogP contribution in [0.2, 0.25) is 0 Å². The van der Waals surface area contributed by atoms with E-state index < -0.39 is 0 Å². The Hall–Kier alpha value is -1.95. The summed E-state index contributed by atoms with van der Waals surface area (Å²) in [6.45, 7) is 0.641. The van der Waals surface area contributed by atoms with E-state index in [0.29, 0.717) is 6.54 Å². The monoisotopic (exact) mass is 317 g/mol. The third-order valence-electron chi connectivity index (χ3n) is 2.99. The quantitative estimate of drug-likeness (QED) is 0.807. The van der Waals surface area contributed by atoms with Gasteiger partial charge in [0, 0.05) is 28.5 Å². The van der Waals surface area contributed by atoms with Crippen LogP contribution in [0.5, 0.6) is 0 Å². The van der Waals surface area contributed by atoms with Gasteiger partial charge in [0.15, 0.2) is 0 Å². The lowest BCUT2D eigenvalue weighted by atomic mass is 10.1. The molecule has 0 fully saturated rings. The Balaban J connectivity index is 1.93. The van der Waals surface area contributed by atoms with Crippen LogP contribution in [0.15, 0.2) is 41.1 Å². The largest absolute Gasteiger partial charge is 0.364 e. The number of anilines is 1. The van der Waals surface area contributed by atoms with Crippen LogP contribution < -0.4 is 5.32 Å². The highest BCUT2D eigenvalue weighted by Gasteiger charge is 2.06. The van der Waals surface area contributed by atoms with E-state index in [2.05, 4.69) is 48.7 Å². The van der Waals surface area contributed by atoms with Gasteiger partial charge in [-0.15, -0.1) is 5.10 Å². The van der Waals surface area contributed by atoms with Gasteiger partial charge in [-0.1, -0.05) is 29.5 Å². The van der Waals surface area contributed by atoms with Crippen LogP contribution >= 0.6 is 15.9 Å². The standard InChI is InChI=1S/C13H12BrN5/c1-19-9(7-17-18-19)6-15-13-11-5-3-2-4-10(11)12(14)8-16-13/h2-5,7-8H,6H2,1H3,(H,15,16).